The highest BCUT2D eigenvalue weighted by Gasteiger charge is 2.23. The molecule has 3 aromatic rings. The van der Waals surface area contributed by atoms with Gasteiger partial charge in [0.15, 0.2) is 0 Å². The van der Waals surface area contributed by atoms with Crippen LogP contribution in [0.3, 0.4) is 0 Å². The van der Waals surface area contributed by atoms with E-state index >= 15 is 0 Å². The van der Waals surface area contributed by atoms with Crippen molar-refractivity contribution in [1.29, 1.82) is 0 Å². The molecule has 0 amide bonds. The minimum absolute atomic E-state index is 0.115. The number of aromatic nitrogens is 4. The van der Waals surface area contributed by atoms with Gasteiger partial charge in [-0.05, 0) is 18.4 Å². The number of rotatable bonds is 5. The van der Waals surface area contributed by atoms with E-state index in [0.717, 1.165) is 36.7 Å². The van der Waals surface area contributed by atoms with Gasteiger partial charge in [0.05, 0.1) is 24.9 Å². The van der Waals surface area contributed by atoms with E-state index in [2.05, 4.69) is 25.3 Å². The predicted molar refractivity (Wildman–Crippen MR) is 89.6 cm³/mol. The number of thiophene rings is 1. The normalized spacial score (nSPS) is 19.0. The fourth-order valence-corrected chi connectivity index (χ4v) is 3.50. The Hall–Kier alpha value is -2.03. The molecule has 1 saturated heterocycles. The van der Waals surface area contributed by atoms with Gasteiger partial charge in [0, 0.05) is 30.6 Å². The molecule has 7 nitrogen and oxygen atoms in total. The molecule has 4 rings (SSSR count). The zero-order valence-electron chi connectivity index (χ0n) is 13.5. The van der Waals surface area contributed by atoms with Crippen LogP contribution in [0.1, 0.15) is 11.5 Å². The van der Waals surface area contributed by atoms with Gasteiger partial charge in [-0.15, -0.1) is 0 Å². The summed E-state index contributed by atoms with van der Waals surface area (Å²) in [6.45, 7) is 5.93. The van der Waals surface area contributed by atoms with Crippen molar-refractivity contribution in [1.82, 2.24) is 24.6 Å². The summed E-state index contributed by atoms with van der Waals surface area (Å²) in [7, 11) is 0. The molecule has 0 radical (unpaired) electrons. The summed E-state index contributed by atoms with van der Waals surface area (Å²) in [5.74, 6) is 1.59. The van der Waals surface area contributed by atoms with Gasteiger partial charge in [-0.3, -0.25) is 9.58 Å². The molecular weight excluding hydrogens is 326 g/mol. The highest BCUT2D eigenvalue weighted by molar-refractivity contribution is 7.08. The molecule has 1 aliphatic heterocycles. The van der Waals surface area contributed by atoms with Crippen LogP contribution >= 0.6 is 11.3 Å². The summed E-state index contributed by atoms with van der Waals surface area (Å²) in [5, 5.41) is 8.23. The van der Waals surface area contributed by atoms with Crippen LogP contribution in [0.5, 0.6) is 0 Å². The number of nitrogens with zero attached hydrogens (tertiary/aromatic N) is 5. The monoisotopic (exact) mass is 345 g/mol. The molecule has 0 bridgehead atoms. The van der Waals surface area contributed by atoms with Gasteiger partial charge in [-0.25, -0.2) is 9.97 Å². The molecule has 1 fully saturated rings. The Bertz CT molecular complexity index is 769. The topological polar surface area (TPSA) is 69.2 Å². The molecule has 0 unspecified atom stereocenters. The molecule has 126 valence electrons. The highest BCUT2D eigenvalue weighted by atomic mass is 32.1. The fourth-order valence-electron chi connectivity index (χ4n) is 2.87. The number of aryl methyl sites for hydroxylation is 1. The van der Waals surface area contributed by atoms with Crippen molar-refractivity contribution >= 4 is 11.3 Å². The van der Waals surface area contributed by atoms with E-state index in [0.29, 0.717) is 19.0 Å². The smallest absolute Gasteiger partial charge is 0.227 e. The third-order valence-corrected chi connectivity index (χ3v) is 4.80. The lowest BCUT2D eigenvalue weighted by Crippen LogP contribution is -2.43. The number of hydrogen-bond acceptors (Lipinski definition) is 7. The molecule has 1 aliphatic rings. The van der Waals surface area contributed by atoms with Crippen LogP contribution in [0.15, 0.2) is 33.9 Å². The maximum absolute atomic E-state index is 5.84. The van der Waals surface area contributed by atoms with Crippen molar-refractivity contribution in [2.75, 3.05) is 19.7 Å². The van der Waals surface area contributed by atoms with Crippen LogP contribution < -0.4 is 0 Å². The third kappa shape index (κ3) is 3.40. The lowest BCUT2D eigenvalue weighted by atomic mass is 10.2. The first-order valence-corrected chi connectivity index (χ1v) is 8.87. The van der Waals surface area contributed by atoms with Gasteiger partial charge in [0.2, 0.25) is 5.89 Å². The maximum Gasteiger partial charge on any atom is 0.227 e. The molecule has 3 aromatic heterocycles. The Labute approximate surface area is 143 Å². The summed E-state index contributed by atoms with van der Waals surface area (Å²) in [4.78, 5) is 11.0. The number of ether oxygens (including phenoxy) is 1. The van der Waals surface area contributed by atoms with Gasteiger partial charge in [0.25, 0.3) is 0 Å². The van der Waals surface area contributed by atoms with Gasteiger partial charge in [0.1, 0.15) is 18.4 Å². The van der Waals surface area contributed by atoms with Crippen LogP contribution in [0.2, 0.25) is 0 Å². The second-order valence-corrected chi connectivity index (χ2v) is 6.66. The SMILES string of the molecule is Cc1oc(-c2ccsc2)nc1CN1CCO[C@H](Cn2cncn2)C1. The van der Waals surface area contributed by atoms with E-state index in [1.54, 1.807) is 24.0 Å². The van der Waals surface area contributed by atoms with Crippen LogP contribution in [0.4, 0.5) is 0 Å². The molecule has 0 saturated carbocycles. The van der Waals surface area contributed by atoms with E-state index in [1.165, 1.54) is 0 Å². The van der Waals surface area contributed by atoms with Crippen molar-refractivity contribution in [2.24, 2.45) is 0 Å². The minimum Gasteiger partial charge on any atom is -0.441 e. The van der Waals surface area contributed by atoms with E-state index in [4.69, 9.17) is 9.15 Å². The summed E-state index contributed by atoms with van der Waals surface area (Å²) in [6, 6.07) is 2.03. The number of morpholine rings is 1. The van der Waals surface area contributed by atoms with Crippen molar-refractivity contribution in [3.05, 3.63) is 40.9 Å². The largest absolute Gasteiger partial charge is 0.441 e. The van der Waals surface area contributed by atoms with Gasteiger partial charge >= 0.3 is 0 Å². The van der Waals surface area contributed by atoms with Gasteiger partial charge in [-0.2, -0.15) is 16.4 Å². The molecule has 0 N–H and O–H groups in total. The zero-order valence-corrected chi connectivity index (χ0v) is 14.3. The summed E-state index contributed by atoms with van der Waals surface area (Å²) >= 11 is 1.65. The first kappa shape index (κ1) is 15.5. The molecule has 1 atom stereocenters. The molecule has 4 heterocycles. The second-order valence-electron chi connectivity index (χ2n) is 5.88. The Morgan fingerprint density at radius 3 is 3.17 bits per heavy atom. The first-order chi connectivity index (χ1) is 11.8. The second kappa shape index (κ2) is 6.84. The van der Waals surface area contributed by atoms with E-state index in [-0.39, 0.29) is 6.10 Å². The zero-order chi connectivity index (χ0) is 16.4. The summed E-state index contributed by atoms with van der Waals surface area (Å²) < 4.78 is 13.5. The van der Waals surface area contributed by atoms with Crippen molar-refractivity contribution in [2.45, 2.75) is 26.1 Å². The first-order valence-electron chi connectivity index (χ1n) is 7.93. The van der Waals surface area contributed by atoms with Gasteiger partial charge < -0.3 is 9.15 Å². The molecule has 24 heavy (non-hydrogen) atoms. The Kier molecular flexibility index (Phi) is 4.42. The lowest BCUT2D eigenvalue weighted by Gasteiger charge is -2.32. The molecule has 8 heteroatoms. The van der Waals surface area contributed by atoms with Crippen molar-refractivity contribution < 1.29 is 9.15 Å². The van der Waals surface area contributed by atoms with E-state index in [9.17, 15) is 0 Å². The Balaban J connectivity index is 1.41. The average molecular weight is 345 g/mol. The average Bonchev–Trinajstić information content (AvgIpc) is 3.31. The van der Waals surface area contributed by atoms with Crippen LogP contribution in [0.25, 0.3) is 11.5 Å². The molecule has 0 spiro atoms. The Morgan fingerprint density at radius 2 is 2.38 bits per heavy atom. The van der Waals surface area contributed by atoms with E-state index < -0.39 is 0 Å². The Morgan fingerprint density at radius 1 is 1.42 bits per heavy atom. The highest BCUT2D eigenvalue weighted by Crippen LogP contribution is 2.24. The summed E-state index contributed by atoms with van der Waals surface area (Å²) in [5.41, 5.74) is 2.04. The molecule has 0 aromatic carbocycles. The van der Waals surface area contributed by atoms with Gasteiger partial charge in [-0.1, -0.05) is 0 Å². The van der Waals surface area contributed by atoms with Crippen LogP contribution in [-0.4, -0.2) is 50.4 Å². The van der Waals surface area contributed by atoms with Crippen molar-refractivity contribution in [3.8, 4) is 11.5 Å². The maximum atomic E-state index is 5.84. The standard InChI is InChI=1S/C16H19N5O2S/c1-12-15(19-16(23-12)13-2-5-24-9-13)8-20-3-4-22-14(6-20)7-21-11-17-10-18-21/h2,5,9-11,14H,3-4,6-8H2,1H3/t14-/m0/s1. The summed E-state index contributed by atoms with van der Waals surface area (Å²) in [6.07, 6.45) is 3.38. The minimum atomic E-state index is 0.115. The van der Waals surface area contributed by atoms with Crippen molar-refractivity contribution in [3.63, 3.8) is 0 Å². The molecule has 0 aliphatic carbocycles. The van der Waals surface area contributed by atoms with Crippen LogP contribution in [-0.2, 0) is 17.8 Å². The lowest BCUT2D eigenvalue weighted by molar-refractivity contribution is -0.0406. The molecular formula is C16H19N5O2S. The van der Waals surface area contributed by atoms with Crippen LogP contribution in [0, 0.1) is 6.92 Å². The number of oxazole rings is 1. The van der Waals surface area contributed by atoms with E-state index in [1.807, 2.05) is 23.1 Å². The quantitative estimate of drug-likeness (QED) is 0.706. The fraction of sp³-hybridized carbons (Fsp3) is 0.438. The predicted octanol–water partition coefficient (Wildman–Crippen LogP) is 2.20. The third-order valence-electron chi connectivity index (χ3n) is 4.11. The number of hydrogen-bond donors (Lipinski definition) is 0.